The van der Waals surface area contributed by atoms with Gasteiger partial charge in [0.05, 0.1) is 38.9 Å². The number of fused-ring (bicyclic) bond motifs is 1. The third-order valence-electron chi connectivity index (χ3n) is 3.13. The van der Waals surface area contributed by atoms with Crippen LogP contribution in [0.15, 0.2) is 42.7 Å². The fourth-order valence-electron chi connectivity index (χ4n) is 2.19. The van der Waals surface area contributed by atoms with Crippen molar-refractivity contribution in [2.45, 2.75) is 0 Å². The Bertz CT molecular complexity index is 909. The number of carbonyl (C=O) groups is 1. The van der Waals surface area contributed by atoms with E-state index in [1.807, 2.05) is 6.07 Å². The predicted molar refractivity (Wildman–Crippen MR) is 77.8 cm³/mol. The second-order valence-electron chi connectivity index (χ2n) is 4.37. The molecule has 6 heteroatoms. The van der Waals surface area contributed by atoms with Crippen LogP contribution in [0.5, 0.6) is 0 Å². The molecule has 0 spiro atoms. The van der Waals surface area contributed by atoms with Crippen LogP contribution in [0.2, 0.25) is 5.02 Å². The molecule has 0 atom stereocenters. The van der Waals surface area contributed by atoms with Gasteiger partial charge in [-0.25, -0.2) is 9.78 Å². The molecule has 0 aliphatic rings. The Morgan fingerprint density at radius 2 is 2.14 bits per heavy atom. The molecule has 0 fully saturated rings. The molecule has 1 heterocycles. The molecular weight excluding hydrogens is 290 g/mol. The topological polar surface area (TPSA) is 78.9 Å². The van der Waals surface area contributed by atoms with Crippen molar-refractivity contribution in [3.05, 3.63) is 58.9 Å². The van der Waals surface area contributed by atoms with E-state index in [2.05, 4.69) is 4.98 Å². The number of benzene rings is 2. The van der Waals surface area contributed by atoms with Crippen LogP contribution in [-0.4, -0.2) is 20.6 Å². The van der Waals surface area contributed by atoms with Gasteiger partial charge < -0.3 is 5.11 Å². The molecule has 2 aromatic carbocycles. The number of carboxylic acids is 1. The highest BCUT2D eigenvalue weighted by atomic mass is 35.5. The summed E-state index contributed by atoms with van der Waals surface area (Å²) in [5.74, 6) is -1.04. The molecule has 1 aromatic heterocycles. The van der Waals surface area contributed by atoms with Gasteiger partial charge in [0.15, 0.2) is 0 Å². The third kappa shape index (κ3) is 2.12. The number of hydrogen-bond acceptors (Lipinski definition) is 3. The molecule has 0 saturated carbocycles. The summed E-state index contributed by atoms with van der Waals surface area (Å²) >= 11 is 6.18. The minimum absolute atomic E-state index is 0.144. The third-order valence-corrected chi connectivity index (χ3v) is 3.44. The Kier molecular flexibility index (Phi) is 3.09. The van der Waals surface area contributed by atoms with Crippen molar-refractivity contribution in [2.75, 3.05) is 0 Å². The summed E-state index contributed by atoms with van der Waals surface area (Å²) in [6.07, 6.45) is 1.52. The van der Waals surface area contributed by atoms with E-state index in [9.17, 15) is 9.90 Å². The first-order valence-corrected chi connectivity index (χ1v) is 6.39. The molecule has 0 aliphatic carbocycles. The lowest BCUT2D eigenvalue weighted by molar-refractivity contribution is 0.0698. The zero-order chi connectivity index (χ0) is 15.0. The fourth-order valence-corrected chi connectivity index (χ4v) is 2.46. The molecule has 3 rings (SSSR count). The second kappa shape index (κ2) is 4.93. The molecule has 3 aromatic rings. The summed E-state index contributed by atoms with van der Waals surface area (Å²) in [4.78, 5) is 15.6. The number of nitrogens with zero attached hydrogens (tertiary/aromatic N) is 3. The van der Waals surface area contributed by atoms with Crippen LogP contribution < -0.4 is 0 Å². The summed E-state index contributed by atoms with van der Waals surface area (Å²) in [6.45, 7) is 0. The molecule has 0 saturated heterocycles. The minimum atomic E-state index is -1.04. The first-order valence-electron chi connectivity index (χ1n) is 6.01. The fraction of sp³-hybridized carbons (Fsp3) is 0. The van der Waals surface area contributed by atoms with E-state index >= 15 is 0 Å². The average Bonchev–Trinajstić information content (AvgIpc) is 2.90. The summed E-state index contributed by atoms with van der Waals surface area (Å²) in [7, 11) is 0. The van der Waals surface area contributed by atoms with Crippen LogP contribution in [-0.2, 0) is 0 Å². The zero-order valence-corrected chi connectivity index (χ0v) is 11.4. The first kappa shape index (κ1) is 13.2. The lowest BCUT2D eigenvalue weighted by Crippen LogP contribution is -2.02. The maximum atomic E-state index is 11.4. The molecule has 0 aliphatic heterocycles. The highest BCUT2D eigenvalue weighted by molar-refractivity contribution is 6.32. The Labute approximate surface area is 124 Å². The van der Waals surface area contributed by atoms with Crippen molar-refractivity contribution in [3.63, 3.8) is 0 Å². The van der Waals surface area contributed by atoms with Crippen molar-refractivity contribution in [2.24, 2.45) is 0 Å². The Balaban J connectivity index is 2.31. The normalized spacial score (nSPS) is 10.5. The molecule has 0 bridgehead atoms. The predicted octanol–water partition coefficient (Wildman–Crippen LogP) is 3.25. The van der Waals surface area contributed by atoms with Gasteiger partial charge in [-0.3, -0.25) is 4.57 Å². The summed E-state index contributed by atoms with van der Waals surface area (Å²) in [5.41, 5.74) is 2.19. The van der Waals surface area contributed by atoms with Gasteiger partial charge >= 0.3 is 5.97 Å². The molecule has 0 unspecified atom stereocenters. The standard InChI is InChI=1S/C15H8ClN3O2/c16-11-6-9(7-17)4-5-13(11)19-8-18-12-3-1-2-10(14(12)19)15(20)21/h1-6,8H,(H,20,21). The Morgan fingerprint density at radius 1 is 1.33 bits per heavy atom. The molecule has 102 valence electrons. The van der Waals surface area contributed by atoms with E-state index in [1.54, 1.807) is 28.8 Å². The van der Waals surface area contributed by atoms with E-state index in [0.717, 1.165) is 0 Å². The van der Waals surface area contributed by atoms with Crippen molar-refractivity contribution < 1.29 is 9.90 Å². The van der Waals surface area contributed by atoms with Gasteiger partial charge in [-0.15, -0.1) is 0 Å². The van der Waals surface area contributed by atoms with E-state index in [1.165, 1.54) is 18.5 Å². The number of rotatable bonds is 2. The van der Waals surface area contributed by atoms with Crippen LogP contribution in [0.25, 0.3) is 16.7 Å². The van der Waals surface area contributed by atoms with E-state index in [0.29, 0.717) is 27.3 Å². The maximum Gasteiger partial charge on any atom is 0.337 e. The van der Waals surface area contributed by atoms with Crippen molar-refractivity contribution in [3.8, 4) is 11.8 Å². The van der Waals surface area contributed by atoms with Crippen LogP contribution in [0.4, 0.5) is 0 Å². The summed E-state index contributed by atoms with van der Waals surface area (Å²) in [5, 5.41) is 18.5. The second-order valence-corrected chi connectivity index (χ2v) is 4.78. The Morgan fingerprint density at radius 3 is 2.81 bits per heavy atom. The number of hydrogen-bond donors (Lipinski definition) is 1. The van der Waals surface area contributed by atoms with Crippen LogP contribution in [0.3, 0.4) is 0 Å². The molecule has 0 radical (unpaired) electrons. The lowest BCUT2D eigenvalue weighted by Gasteiger charge is -2.08. The molecule has 5 nitrogen and oxygen atoms in total. The quantitative estimate of drug-likeness (QED) is 0.787. The van der Waals surface area contributed by atoms with Crippen molar-refractivity contribution in [1.29, 1.82) is 5.26 Å². The zero-order valence-electron chi connectivity index (χ0n) is 10.6. The van der Waals surface area contributed by atoms with Gasteiger partial charge in [-0.1, -0.05) is 17.7 Å². The van der Waals surface area contributed by atoms with Gasteiger partial charge in [0, 0.05) is 0 Å². The highest BCUT2D eigenvalue weighted by Gasteiger charge is 2.15. The van der Waals surface area contributed by atoms with Crippen LogP contribution in [0, 0.1) is 11.3 Å². The Hall–Kier alpha value is -2.84. The van der Waals surface area contributed by atoms with Gasteiger partial charge in [0.1, 0.15) is 6.33 Å². The maximum absolute atomic E-state index is 11.4. The number of imidazole rings is 1. The van der Waals surface area contributed by atoms with E-state index < -0.39 is 5.97 Å². The molecule has 21 heavy (non-hydrogen) atoms. The first-order chi connectivity index (χ1) is 10.1. The van der Waals surface area contributed by atoms with Gasteiger partial charge in [-0.2, -0.15) is 5.26 Å². The van der Waals surface area contributed by atoms with Gasteiger partial charge in [0.2, 0.25) is 0 Å². The lowest BCUT2D eigenvalue weighted by atomic mass is 10.1. The van der Waals surface area contributed by atoms with Crippen LogP contribution in [0.1, 0.15) is 15.9 Å². The monoisotopic (exact) mass is 297 g/mol. The number of carboxylic acid groups (broad SMARTS) is 1. The van der Waals surface area contributed by atoms with Crippen molar-refractivity contribution in [1.82, 2.24) is 9.55 Å². The molecular formula is C15H8ClN3O2. The highest BCUT2D eigenvalue weighted by Crippen LogP contribution is 2.27. The average molecular weight is 298 g/mol. The smallest absolute Gasteiger partial charge is 0.337 e. The molecule has 1 N–H and O–H groups in total. The molecule has 0 amide bonds. The van der Waals surface area contributed by atoms with E-state index in [4.69, 9.17) is 16.9 Å². The largest absolute Gasteiger partial charge is 0.478 e. The van der Waals surface area contributed by atoms with Crippen molar-refractivity contribution >= 4 is 28.6 Å². The summed E-state index contributed by atoms with van der Waals surface area (Å²) in [6, 6.07) is 11.7. The number of nitriles is 1. The van der Waals surface area contributed by atoms with Gasteiger partial charge in [-0.05, 0) is 30.3 Å². The SMILES string of the molecule is N#Cc1ccc(-n2cnc3cccc(C(=O)O)c32)c(Cl)c1. The van der Waals surface area contributed by atoms with Crippen LogP contribution >= 0.6 is 11.6 Å². The number of aromatic carboxylic acids is 1. The number of para-hydroxylation sites is 1. The summed E-state index contributed by atoms with van der Waals surface area (Å²) < 4.78 is 1.61. The van der Waals surface area contributed by atoms with Gasteiger partial charge in [0.25, 0.3) is 0 Å². The van der Waals surface area contributed by atoms with E-state index in [-0.39, 0.29) is 5.56 Å². The number of halogens is 1. The number of aromatic nitrogens is 2. The minimum Gasteiger partial charge on any atom is -0.478 e.